The molecule has 19 heavy (non-hydrogen) atoms. The number of carbonyl (C=O) groups excluding carboxylic acids is 1. The fourth-order valence-corrected chi connectivity index (χ4v) is 2.46. The molecule has 0 unspecified atom stereocenters. The Morgan fingerprint density at radius 1 is 1.37 bits per heavy atom. The molecule has 4 nitrogen and oxygen atoms in total. The van der Waals surface area contributed by atoms with Crippen molar-refractivity contribution in [3.8, 4) is 0 Å². The normalized spacial score (nSPS) is 16.5. The third-order valence-electron chi connectivity index (χ3n) is 4.02. The zero-order valence-electron chi connectivity index (χ0n) is 11.3. The average Bonchev–Trinajstić information content (AvgIpc) is 2.32. The Morgan fingerprint density at radius 3 is 2.53 bits per heavy atom. The minimum Gasteiger partial charge on any atom is -0.481 e. The largest absolute Gasteiger partial charge is 0.481 e. The van der Waals surface area contributed by atoms with Crippen LogP contribution in [0.3, 0.4) is 0 Å². The van der Waals surface area contributed by atoms with E-state index >= 15 is 0 Å². The van der Waals surface area contributed by atoms with Crippen LogP contribution in [0.25, 0.3) is 0 Å². The van der Waals surface area contributed by atoms with Crippen LogP contribution in [0.1, 0.15) is 31.2 Å². The van der Waals surface area contributed by atoms with Crippen molar-refractivity contribution in [3.63, 3.8) is 0 Å². The lowest BCUT2D eigenvalue weighted by Crippen LogP contribution is -2.43. The summed E-state index contributed by atoms with van der Waals surface area (Å²) in [6, 6.07) is 7.64. The van der Waals surface area contributed by atoms with E-state index in [1.807, 2.05) is 31.2 Å². The summed E-state index contributed by atoms with van der Waals surface area (Å²) >= 11 is 0. The number of aliphatic carboxylic acids is 1. The third-order valence-corrected chi connectivity index (χ3v) is 4.02. The van der Waals surface area contributed by atoms with Crippen molar-refractivity contribution < 1.29 is 14.7 Å². The van der Waals surface area contributed by atoms with Gasteiger partial charge in [-0.1, -0.05) is 18.6 Å². The molecule has 0 spiro atoms. The number of rotatable bonds is 4. The van der Waals surface area contributed by atoms with Crippen molar-refractivity contribution >= 4 is 17.6 Å². The van der Waals surface area contributed by atoms with E-state index in [1.54, 1.807) is 11.9 Å². The molecule has 0 saturated heterocycles. The van der Waals surface area contributed by atoms with Gasteiger partial charge in [0.2, 0.25) is 5.91 Å². The molecule has 0 aliphatic heterocycles. The van der Waals surface area contributed by atoms with Gasteiger partial charge in [0.25, 0.3) is 0 Å². The SMILES string of the molecule is Cc1cccc(N(C)C(=O)CC2(C(=O)O)CCC2)c1. The number of carboxylic acids is 1. The molecule has 4 heteroatoms. The summed E-state index contributed by atoms with van der Waals surface area (Å²) in [5.74, 6) is -0.975. The summed E-state index contributed by atoms with van der Waals surface area (Å²) in [6.45, 7) is 1.96. The second-order valence-electron chi connectivity index (χ2n) is 5.41. The van der Waals surface area contributed by atoms with Gasteiger partial charge >= 0.3 is 5.97 Å². The Hall–Kier alpha value is -1.84. The molecule has 0 atom stereocenters. The van der Waals surface area contributed by atoms with Crippen LogP contribution in [0, 0.1) is 12.3 Å². The van der Waals surface area contributed by atoms with Crippen LogP contribution in [0.15, 0.2) is 24.3 Å². The first-order valence-corrected chi connectivity index (χ1v) is 6.51. The van der Waals surface area contributed by atoms with Gasteiger partial charge in [0.15, 0.2) is 0 Å². The molecule has 0 heterocycles. The number of nitrogens with zero attached hydrogens (tertiary/aromatic N) is 1. The summed E-state index contributed by atoms with van der Waals surface area (Å²) in [6.07, 6.45) is 2.20. The first kappa shape index (κ1) is 13.6. The maximum Gasteiger partial charge on any atom is 0.310 e. The van der Waals surface area contributed by atoms with Crippen LogP contribution in [0.2, 0.25) is 0 Å². The monoisotopic (exact) mass is 261 g/mol. The number of carbonyl (C=O) groups is 2. The van der Waals surface area contributed by atoms with Crippen molar-refractivity contribution in [1.82, 2.24) is 0 Å². The van der Waals surface area contributed by atoms with E-state index in [1.165, 1.54) is 0 Å². The molecule has 0 radical (unpaired) electrons. The van der Waals surface area contributed by atoms with Crippen LogP contribution in [-0.4, -0.2) is 24.0 Å². The zero-order valence-corrected chi connectivity index (χ0v) is 11.3. The quantitative estimate of drug-likeness (QED) is 0.906. The van der Waals surface area contributed by atoms with Gasteiger partial charge in [-0.2, -0.15) is 0 Å². The summed E-state index contributed by atoms with van der Waals surface area (Å²) in [7, 11) is 1.70. The number of amides is 1. The van der Waals surface area contributed by atoms with E-state index in [9.17, 15) is 14.7 Å². The van der Waals surface area contributed by atoms with Gasteiger partial charge in [-0.3, -0.25) is 9.59 Å². The fraction of sp³-hybridized carbons (Fsp3) is 0.467. The molecule has 1 aliphatic rings. The topological polar surface area (TPSA) is 57.6 Å². The first-order valence-electron chi connectivity index (χ1n) is 6.51. The molecule has 1 fully saturated rings. The molecular formula is C15H19NO3. The van der Waals surface area contributed by atoms with E-state index in [-0.39, 0.29) is 12.3 Å². The molecule has 1 saturated carbocycles. The van der Waals surface area contributed by atoms with Gasteiger partial charge in [0, 0.05) is 19.2 Å². The molecule has 2 rings (SSSR count). The number of anilines is 1. The summed E-state index contributed by atoms with van der Waals surface area (Å²) in [4.78, 5) is 25.1. The highest BCUT2D eigenvalue weighted by Crippen LogP contribution is 2.44. The van der Waals surface area contributed by atoms with Gasteiger partial charge in [-0.25, -0.2) is 0 Å². The molecule has 0 bridgehead atoms. The molecule has 0 aromatic heterocycles. The molecule has 1 aromatic carbocycles. The Labute approximate surface area is 113 Å². The average molecular weight is 261 g/mol. The van der Waals surface area contributed by atoms with Crippen LogP contribution < -0.4 is 4.90 Å². The van der Waals surface area contributed by atoms with Crippen molar-refractivity contribution in [2.45, 2.75) is 32.6 Å². The molecule has 1 aromatic rings. The summed E-state index contributed by atoms with van der Waals surface area (Å²) in [5.41, 5.74) is 1.06. The second kappa shape index (κ2) is 5.03. The minimum atomic E-state index is -0.843. The Kier molecular flexibility index (Phi) is 3.60. The second-order valence-corrected chi connectivity index (χ2v) is 5.41. The Morgan fingerprint density at radius 2 is 2.05 bits per heavy atom. The number of hydrogen-bond acceptors (Lipinski definition) is 2. The van der Waals surface area contributed by atoms with Gasteiger partial charge in [-0.15, -0.1) is 0 Å². The van der Waals surface area contributed by atoms with E-state index in [0.717, 1.165) is 17.7 Å². The maximum absolute atomic E-state index is 12.2. The lowest BCUT2D eigenvalue weighted by Gasteiger charge is -2.38. The molecule has 102 valence electrons. The van der Waals surface area contributed by atoms with Crippen molar-refractivity contribution in [3.05, 3.63) is 29.8 Å². The van der Waals surface area contributed by atoms with Crippen molar-refractivity contribution in [2.75, 3.05) is 11.9 Å². The first-order chi connectivity index (χ1) is 8.94. The minimum absolute atomic E-state index is 0.0901. The zero-order chi connectivity index (χ0) is 14.0. The van der Waals surface area contributed by atoms with E-state index in [4.69, 9.17) is 0 Å². The van der Waals surface area contributed by atoms with Gasteiger partial charge in [0.05, 0.1) is 5.41 Å². The smallest absolute Gasteiger partial charge is 0.310 e. The fourth-order valence-electron chi connectivity index (χ4n) is 2.46. The standard InChI is InChI=1S/C15H19NO3/c1-11-5-3-6-12(9-11)16(2)13(17)10-15(14(18)19)7-4-8-15/h3,5-6,9H,4,7-8,10H2,1-2H3,(H,18,19). The number of carboxylic acid groups (broad SMARTS) is 1. The highest BCUT2D eigenvalue weighted by Gasteiger charge is 2.46. The lowest BCUT2D eigenvalue weighted by molar-refractivity contribution is -0.157. The lowest BCUT2D eigenvalue weighted by atomic mass is 9.66. The Balaban J connectivity index is 2.10. The molecule has 1 amide bonds. The van der Waals surface area contributed by atoms with E-state index < -0.39 is 11.4 Å². The molecule has 1 aliphatic carbocycles. The van der Waals surface area contributed by atoms with Crippen molar-refractivity contribution in [1.29, 1.82) is 0 Å². The number of aryl methyl sites for hydroxylation is 1. The third kappa shape index (κ3) is 2.62. The van der Waals surface area contributed by atoms with Gasteiger partial charge in [-0.05, 0) is 37.5 Å². The van der Waals surface area contributed by atoms with Crippen LogP contribution in [-0.2, 0) is 9.59 Å². The van der Waals surface area contributed by atoms with E-state index in [0.29, 0.717) is 12.8 Å². The predicted octanol–water partition coefficient (Wildman–Crippen LogP) is 2.60. The Bertz CT molecular complexity index is 506. The molecule has 1 N–H and O–H groups in total. The maximum atomic E-state index is 12.2. The van der Waals surface area contributed by atoms with E-state index in [2.05, 4.69) is 0 Å². The molecular weight excluding hydrogens is 242 g/mol. The highest BCUT2D eigenvalue weighted by atomic mass is 16.4. The number of benzene rings is 1. The predicted molar refractivity (Wildman–Crippen MR) is 73.1 cm³/mol. The summed E-state index contributed by atoms with van der Waals surface area (Å²) in [5, 5.41) is 9.26. The number of hydrogen-bond donors (Lipinski definition) is 1. The van der Waals surface area contributed by atoms with Gasteiger partial charge < -0.3 is 10.0 Å². The van der Waals surface area contributed by atoms with Crippen LogP contribution in [0.4, 0.5) is 5.69 Å². The van der Waals surface area contributed by atoms with Gasteiger partial charge in [0.1, 0.15) is 0 Å². The summed E-state index contributed by atoms with van der Waals surface area (Å²) < 4.78 is 0. The van der Waals surface area contributed by atoms with Crippen molar-refractivity contribution in [2.24, 2.45) is 5.41 Å². The van der Waals surface area contributed by atoms with Crippen LogP contribution in [0.5, 0.6) is 0 Å². The van der Waals surface area contributed by atoms with Crippen LogP contribution >= 0.6 is 0 Å². The highest BCUT2D eigenvalue weighted by molar-refractivity contribution is 5.96.